The van der Waals surface area contributed by atoms with E-state index < -0.39 is 0 Å². The minimum Gasteiger partial charge on any atom is -0.355 e. The lowest BCUT2D eigenvalue weighted by Gasteiger charge is -2.31. The van der Waals surface area contributed by atoms with Gasteiger partial charge in [-0.1, -0.05) is 0 Å². The third-order valence-corrected chi connectivity index (χ3v) is 2.56. The maximum Gasteiger partial charge on any atom is 0.226 e. The van der Waals surface area contributed by atoms with Crippen molar-refractivity contribution < 1.29 is 0 Å². The Morgan fingerprint density at radius 1 is 1.36 bits per heavy atom. The van der Waals surface area contributed by atoms with Crippen molar-refractivity contribution in [3.63, 3.8) is 0 Å². The van der Waals surface area contributed by atoms with Gasteiger partial charge >= 0.3 is 0 Å². The first kappa shape index (κ1) is 7.99. The Morgan fingerprint density at radius 2 is 2.21 bits per heavy atom. The standard InChI is InChI=1S/C8H8ClN5/c9-8-12-6-5(10-4-11-6)7(13-8)14-2-1-3-14/h4H,1-3H2,(H,10,11,12,13). The lowest BCUT2D eigenvalue weighted by molar-refractivity contribution is 0.611. The Labute approximate surface area is 85.1 Å². The smallest absolute Gasteiger partial charge is 0.226 e. The first-order chi connectivity index (χ1) is 6.84. The third kappa shape index (κ3) is 1.05. The molecular formula is C8H8ClN5. The van der Waals surface area contributed by atoms with E-state index in [0.717, 1.165) is 24.4 Å². The summed E-state index contributed by atoms with van der Waals surface area (Å²) < 4.78 is 0. The Hall–Kier alpha value is -1.36. The topological polar surface area (TPSA) is 57.7 Å². The molecule has 1 fully saturated rings. The zero-order valence-corrected chi connectivity index (χ0v) is 8.12. The van der Waals surface area contributed by atoms with Gasteiger partial charge in [0.15, 0.2) is 11.5 Å². The summed E-state index contributed by atoms with van der Waals surface area (Å²) >= 11 is 5.80. The van der Waals surface area contributed by atoms with Crippen LogP contribution in [0.25, 0.3) is 11.2 Å². The van der Waals surface area contributed by atoms with Crippen LogP contribution in [0.15, 0.2) is 6.33 Å². The van der Waals surface area contributed by atoms with Crippen molar-refractivity contribution in [2.75, 3.05) is 18.0 Å². The lowest BCUT2D eigenvalue weighted by Crippen LogP contribution is -2.37. The van der Waals surface area contributed by atoms with Crippen LogP contribution in [0.3, 0.4) is 0 Å². The fourth-order valence-electron chi connectivity index (χ4n) is 1.55. The van der Waals surface area contributed by atoms with Crippen molar-refractivity contribution >= 4 is 28.6 Å². The number of fused-ring (bicyclic) bond motifs is 1. The predicted molar refractivity (Wildman–Crippen MR) is 53.5 cm³/mol. The minimum absolute atomic E-state index is 0.256. The molecule has 6 heteroatoms. The highest BCUT2D eigenvalue weighted by molar-refractivity contribution is 6.28. The second-order valence-electron chi connectivity index (χ2n) is 3.26. The molecule has 0 atom stereocenters. The molecule has 2 aromatic heterocycles. The van der Waals surface area contributed by atoms with E-state index in [1.807, 2.05) is 0 Å². The highest BCUT2D eigenvalue weighted by atomic mass is 35.5. The molecule has 0 radical (unpaired) electrons. The molecule has 2 aromatic rings. The summed E-state index contributed by atoms with van der Waals surface area (Å²) in [4.78, 5) is 17.5. The van der Waals surface area contributed by atoms with E-state index in [0.29, 0.717) is 5.65 Å². The number of hydrogen-bond acceptors (Lipinski definition) is 4. The zero-order valence-electron chi connectivity index (χ0n) is 7.37. The van der Waals surface area contributed by atoms with Crippen LogP contribution in [-0.4, -0.2) is 33.0 Å². The number of nitrogens with zero attached hydrogens (tertiary/aromatic N) is 4. The predicted octanol–water partition coefficient (Wildman–Crippen LogP) is 1.22. The van der Waals surface area contributed by atoms with Crippen molar-refractivity contribution in [2.24, 2.45) is 0 Å². The highest BCUT2D eigenvalue weighted by Gasteiger charge is 2.20. The number of nitrogens with one attached hydrogen (secondary N) is 1. The summed E-state index contributed by atoms with van der Waals surface area (Å²) in [5, 5.41) is 0.256. The zero-order chi connectivity index (χ0) is 9.54. The maximum absolute atomic E-state index is 5.80. The number of halogens is 1. The molecule has 0 spiro atoms. The molecular weight excluding hydrogens is 202 g/mol. The fourth-order valence-corrected chi connectivity index (χ4v) is 1.71. The van der Waals surface area contributed by atoms with E-state index >= 15 is 0 Å². The summed E-state index contributed by atoms with van der Waals surface area (Å²) in [5.41, 5.74) is 1.50. The molecule has 1 N–H and O–H groups in total. The summed E-state index contributed by atoms with van der Waals surface area (Å²) in [6.07, 6.45) is 2.82. The molecule has 14 heavy (non-hydrogen) atoms. The van der Waals surface area contributed by atoms with Crippen molar-refractivity contribution in [3.8, 4) is 0 Å². The number of aromatic nitrogens is 4. The van der Waals surface area contributed by atoms with Crippen molar-refractivity contribution in [2.45, 2.75) is 6.42 Å². The molecule has 0 bridgehead atoms. The number of rotatable bonds is 1. The Kier molecular flexibility index (Phi) is 1.61. The van der Waals surface area contributed by atoms with Crippen LogP contribution in [0.2, 0.25) is 5.28 Å². The van der Waals surface area contributed by atoms with Gasteiger partial charge in [0.1, 0.15) is 5.52 Å². The largest absolute Gasteiger partial charge is 0.355 e. The number of imidazole rings is 1. The van der Waals surface area contributed by atoms with Crippen molar-refractivity contribution in [1.82, 2.24) is 19.9 Å². The van der Waals surface area contributed by atoms with Crippen molar-refractivity contribution in [1.29, 1.82) is 0 Å². The van der Waals surface area contributed by atoms with Crippen LogP contribution in [0, 0.1) is 0 Å². The molecule has 3 rings (SSSR count). The van der Waals surface area contributed by atoms with Crippen LogP contribution >= 0.6 is 11.6 Å². The minimum atomic E-state index is 0.256. The van der Waals surface area contributed by atoms with E-state index in [1.54, 1.807) is 6.33 Å². The van der Waals surface area contributed by atoms with Gasteiger partial charge in [0.05, 0.1) is 6.33 Å². The average Bonchev–Trinajstić information content (AvgIpc) is 2.47. The molecule has 1 saturated heterocycles. The van der Waals surface area contributed by atoms with Crippen LogP contribution in [-0.2, 0) is 0 Å². The van der Waals surface area contributed by atoms with Gasteiger partial charge in [0.25, 0.3) is 0 Å². The van der Waals surface area contributed by atoms with Gasteiger partial charge in [0, 0.05) is 13.1 Å². The third-order valence-electron chi connectivity index (χ3n) is 2.39. The molecule has 1 aliphatic rings. The quantitative estimate of drug-likeness (QED) is 0.718. The second kappa shape index (κ2) is 2.81. The molecule has 0 unspecified atom stereocenters. The number of anilines is 1. The van der Waals surface area contributed by atoms with Gasteiger partial charge in [-0.05, 0) is 18.0 Å². The Bertz CT molecular complexity index is 476. The van der Waals surface area contributed by atoms with Gasteiger partial charge in [-0.2, -0.15) is 9.97 Å². The normalized spacial score (nSPS) is 15.9. The SMILES string of the molecule is Clc1nc(N2CCC2)c2[nH]cnc2n1. The van der Waals surface area contributed by atoms with Crippen LogP contribution in [0.1, 0.15) is 6.42 Å². The summed E-state index contributed by atoms with van der Waals surface area (Å²) in [7, 11) is 0. The van der Waals surface area contributed by atoms with E-state index in [4.69, 9.17) is 11.6 Å². The van der Waals surface area contributed by atoms with Gasteiger partial charge in [-0.3, -0.25) is 0 Å². The number of aromatic amines is 1. The summed E-state index contributed by atoms with van der Waals surface area (Å²) in [6.45, 7) is 2.06. The molecule has 72 valence electrons. The molecule has 1 aliphatic heterocycles. The van der Waals surface area contributed by atoms with Gasteiger partial charge in [-0.15, -0.1) is 0 Å². The molecule has 0 aliphatic carbocycles. The molecule has 3 heterocycles. The molecule has 5 nitrogen and oxygen atoms in total. The average molecular weight is 210 g/mol. The van der Waals surface area contributed by atoms with Crippen LogP contribution in [0.5, 0.6) is 0 Å². The van der Waals surface area contributed by atoms with Gasteiger partial charge in [-0.25, -0.2) is 4.98 Å². The monoisotopic (exact) mass is 209 g/mol. The number of H-pyrrole nitrogens is 1. The maximum atomic E-state index is 5.80. The molecule has 0 amide bonds. The molecule has 0 saturated carbocycles. The summed E-state index contributed by atoms with van der Waals surface area (Å²) in [6, 6.07) is 0. The first-order valence-electron chi connectivity index (χ1n) is 4.46. The first-order valence-corrected chi connectivity index (χ1v) is 4.84. The van der Waals surface area contributed by atoms with E-state index in [-0.39, 0.29) is 5.28 Å². The van der Waals surface area contributed by atoms with Gasteiger partial charge < -0.3 is 9.88 Å². The van der Waals surface area contributed by atoms with Gasteiger partial charge in [0.2, 0.25) is 5.28 Å². The fraction of sp³-hybridized carbons (Fsp3) is 0.375. The molecule has 0 aromatic carbocycles. The number of hydrogen-bond donors (Lipinski definition) is 1. The Balaban J connectivity index is 2.23. The highest BCUT2D eigenvalue weighted by Crippen LogP contribution is 2.25. The van der Waals surface area contributed by atoms with Crippen LogP contribution in [0.4, 0.5) is 5.82 Å². The summed E-state index contributed by atoms with van der Waals surface area (Å²) in [5.74, 6) is 0.865. The Morgan fingerprint density at radius 3 is 2.93 bits per heavy atom. The van der Waals surface area contributed by atoms with Crippen LogP contribution < -0.4 is 4.90 Å². The second-order valence-corrected chi connectivity index (χ2v) is 3.60. The lowest BCUT2D eigenvalue weighted by atomic mass is 10.2. The van der Waals surface area contributed by atoms with E-state index in [2.05, 4.69) is 24.8 Å². The van der Waals surface area contributed by atoms with E-state index in [1.165, 1.54) is 6.42 Å². The van der Waals surface area contributed by atoms with E-state index in [9.17, 15) is 0 Å². The van der Waals surface area contributed by atoms with Crippen molar-refractivity contribution in [3.05, 3.63) is 11.6 Å².